The van der Waals surface area contributed by atoms with Gasteiger partial charge < -0.3 is 14.8 Å². The molecule has 1 amide bonds. The minimum absolute atomic E-state index is 0.0878. The van der Waals surface area contributed by atoms with Gasteiger partial charge in [0.2, 0.25) is 0 Å². The fourth-order valence-electron chi connectivity index (χ4n) is 1.30. The van der Waals surface area contributed by atoms with Crippen LogP contribution < -0.4 is 5.32 Å². The van der Waals surface area contributed by atoms with Gasteiger partial charge in [-0.1, -0.05) is 6.92 Å². The second-order valence-corrected chi connectivity index (χ2v) is 4.77. The monoisotopic (exact) mass is 201 g/mol. The lowest BCUT2D eigenvalue weighted by Gasteiger charge is -2.22. The van der Waals surface area contributed by atoms with Crippen LogP contribution in [0.3, 0.4) is 0 Å². The largest absolute Gasteiger partial charge is 0.444 e. The van der Waals surface area contributed by atoms with Crippen LogP contribution in [0.2, 0.25) is 0 Å². The number of rotatable bonds is 1. The molecule has 1 aliphatic heterocycles. The van der Waals surface area contributed by atoms with Gasteiger partial charge in [0.05, 0.1) is 19.3 Å². The van der Waals surface area contributed by atoms with Gasteiger partial charge >= 0.3 is 6.09 Å². The zero-order valence-corrected chi connectivity index (χ0v) is 9.29. The Morgan fingerprint density at radius 3 is 2.50 bits per heavy atom. The van der Waals surface area contributed by atoms with Crippen LogP contribution in [0.4, 0.5) is 4.79 Å². The molecule has 0 saturated carbocycles. The van der Waals surface area contributed by atoms with Gasteiger partial charge in [-0.25, -0.2) is 4.79 Å². The Balaban J connectivity index is 2.33. The lowest BCUT2D eigenvalue weighted by Crippen LogP contribution is -2.42. The molecule has 0 bridgehead atoms. The van der Waals surface area contributed by atoms with Crippen molar-refractivity contribution in [3.05, 3.63) is 0 Å². The smallest absolute Gasteiger partial charge is 0.407 e. The zero-order valence-electron chi connectivity index (χ0n) is 9.29. The highest BCUT2D eigenvalue weighted by Crippen LogP contribution is 2.13. The van der Waals surface area contributed by atoms with Crippen LogP contribution in [0.15, 0.2) is 0 Å². The number of hydrogen-bond donors (Lipinski definition) is 1. The Morgan fingerprint density at radius 1 is 1.43 bits per heavy atom. The van der Waals surface area contributed by atoms with Crippen LogP contribution in [0.5, 0.6) is 0 Å². The summed E-state index contributed by atoms with van der Waals surface area (Å²) in [6.45, 7) is 8.89. The lowest BCUT2D eigenvalue weighted by molar-refractivity contribution is 0.0492. The van der Waals surface area contributed by atoms with E-state index in [0.717, 1.165) is 0 Å². The first-order valence-corrected chi connectivity index (χ1v) is 4.96. The number of carbonyl (C=O) groups excluding carboxylic acids is 1. The van der Waals surface area contributed by atoms with E-state index in [9.17, 15) is 4.79 Å². The van der Waals surface area contributed by atoms with Gasteiger partial charge in [-0.3, -0.25) is 0 Å². The second kappa shape index (κ2) is 4.17. The highest BCUT2D eigenvalue weighted by Gasteiger charge is 2.27. The van der Waals surface area contributed by atoms with Gasteiger partial charge in [-0.2, -0.15) is 0 Å². The Bertz CT molecular complexity index is 210. The average molecular weight is 201 g/mol. The van der Waals surface area contributed by atoms with Crippen molar-refractivity contribution >= 4 is 6.09 Å². The molecule has 1 N–H and O–H groups in total. The molecule has 2 atom stereocenters. The van der Waals surface area contributed by atoms with Crippen LogP contribution in [0, 0.1) is 5.92 Å². The SMILES string of the molecule is C[C@@H]1COCC1NC(=O)OC(C)(C)C. The maximum absolute atomic E-state index is 11.4. The van der Waals surface area contributed by atoms with Crippen LogP contribution in [0.1, 0.15) is 27.7 Å². The Morgan fingerprint density at radius 2 is 2.07 bits per heavy atom. The van der Waals surface area contributed by atoms with Crippen molar-refractivity contribution in [2.45, 2.75) is 39.3 Å². The fourth-order valence-corrected chi connectivity index (χ4v) is 1.30. The second-order valence-electron chi connectivity index (χ2n) is 4.77. The molecule has 0 spiro atoms. The number of ether oxygens (including phenoxy) is 2. The molecule has 1 aliphatic rings. The average Bonchev–Trinajstić information content (AvgIpc) is 2.32. The summed E-state index contributed by atoms with van der Waals surface area (Å²) in [5, 5.41) is 2.80. The van der Waals surface area contributed by atoms with E-state index in [1.54, 1.807) is 0 Å². The Hall–Kier alpha value is -0.770. The molecule has 0 aliphatic carbocycles. The van der Waals surface area contributed by atoms with Crippen LogP contribution in [0.25, 0.3) is 0 Å². The summed E-state index contributed by atoms with van der Waals surface area (Å²) in [5.41, 5.74) is -0.438. The van der Waals surface area contributed by atoms with Gasteiger partial charge in [0.1, 0.15) is 5.60 Å². The van der Waals surface area contributed by atoms with Crippen LogP contribution >= 0.6 is 0 Å². The quantitative estimate of drug-likeness (QED) is 0.700. The highest BCUT2D eigenvalue weighted by molar-refractivity contribution is 5.68. The molecule has 0 radical (unpaired) electrons. The normalized spacial score (nSPS) is 27.4. The van der Waals surface area contributed by atoms with E-state index < -0.39 is 5.60 Å². The molecule has 0 aromatic rings. The number of hydrogen-bond acceptors (Lipinski definition) is 3. The van der Waals surface area contributed by atoms with Crippen LogP contribution in [-0.2, 0) is 9.47 Å². The standard InChI is InChI=1S/C10H19NO3/c1-7-5-13-6-8(7)11-9(12)14-10(2,3)4/h7-8H,5-6H2,1-4H3,(H,11,12)/t7-,8?/m1/s1. The summed E-state index contributed by atoms with van der Waals surface area (Å²) in [6.07, 6.45) is -0.361. The zero-order chi connectivity index (χ0) is 10.8. The van der Waals surface area contributed by atoms with Crippen molar-refractivity contribution < 1.29 is 14.3 Å². The molecule has 1 fully saturated rings. The minimum atomic E-state index is -0.438. The van der Waals surface area contributed by atoms with E-state index >= 15 is 0 Å². The number of amides is 1. The summed E-state index contributed by atoms with van der Waals surface area (Å²) in [4.78, 5) is 11.4. The third-order valence-corrected chi connectivity index (χ3v) is 2.07. The molecule has 1 unspecified atom stereocenters. The van der Waals surface area contributed by atoms with Crippen molar-refractivity contribution in [1.29, 1.82) is 0 Å². The Labute approximate surface area is 85.0 Å². The van der Waals surface area contributed by atoms with Gasteiger partial charge in [0, 0.05) is 5.92 Å². The number of nitrogens with one attached hydrogen (secondary N) is 1. The van der Waals surface area contributed by atoms with Crippen molar-refractivity contribution in [3.8, 4) is 0 Å². The van der Waals surface area contributed by atoms with Gasteiger partial charge in [0.15, 0.2) is 0 Å². The first kappa shape index (κ1) is 11.3. The van der Waals surface area contributed by atoms with Crippen molar-refractivity contribution in [3.63, 3.8) is 0 Å². The summed E-state index contributed by atoms with van der Waals surface area (Å²) >= 11 is 0. The maximum atomic E-state index is 11.4. The fraction of sp³-hybridized carbons (Fsp3) is 0.900. The van der Waals surface area contributed by atoms with E-state index in [2.05, 4.69) is 12.2 Å². The maximum Gasteiger partial charge on any atom is 0.407 e. The van der Waals surface area contributed by atoms with Crippen LogP contribution in [-0.4, -0.2) is 30.9 Å². The van der Waals surface area contributed by atoms with E-state index in [1.807, 2.05) is 20.8 Å². The molecule has 82 valence electrons. The molecule has 4 nitrogen and oxygen atoms in total. The summed E-state index contributed by atoms with van der Waals surface area (Å²) in [5.74, 6) is 0.363. The summed E-state index contributed by atoms with van der Waals surface area (Å²) in [6, 6.07) is 0.0878. The predicted molar refractivity (Wildman–Crippen MR) is 53.1 cm³/mol. The molecule has 1 heterocycles. The molecule has 14 heavy (non-hydrogen) atoms. The van der Waals surface area contributed by atoms with E-state index in [1.165, 1.54) is 0 Å². The molecule has 0 aromatic carbocycles. The molecular weight excluding hydrogens is 182 g/mol. The summed E-state index contributed by atoms with van der Waals surface area (Å²) < 4.78 is 10.4. The van der Waals surface area contributed by atoms with E-state index in [-0.39, 0.29) is 12.1 Å². The minimum Gasteiger partial charge on any atom is -0.444 e. The summed E-state index contributed by atoms with van der Waals surface area (Å²) in [7, 11) is 0. The van der Waals surface area contributed by atoms with Crippen molar-refractivity contribution in [2.24, 2.45) is 5.92 Å². The van der Waals surface area contributed by atoms with E-state index in [0.29, 0.717) is 19.1 Å². The Kier molecular flexibility index (Phi) is 3.37. The van der Waals surface area contributed by atoms with Gasteiger partial charge in [0.25, 0.3) is 0 Å². The van der Waals surface area contributed by atoms with E-state index in [4.69, 9.17) is 9.47 Å². The lowest BCUT2D eigenvalue weighted by atomic mass is 10.1. The van der Waals surface area contributed by atoms with Gasteiger partial charge in [-0.05, 0) is 20.8 Å². The molecular formula is C10H19NO3. The van der Waals surface area contributed by atoms with Crippen molar-refractivity contribution in [2.75, 3.05) is 13.2 Å². The predicted octanol–water partition coefficient (Wildman–Crippen LogP) is 1.55. The number of carbonyl (C=O) groups is 1. The first-order chi connectivity index (χ1) is 6.38. The molecule has 1 saturated heterocycles. The molecule has 0 aromatic heterocycles. The molecule has 1 rings (SSSR count). The number of alkyl carbamates (subject to hydrolysis) is 1. The van der Waals surface area contributed by atoms with Gasteiger partial charge in [-0.15, -0.1) is 0 Å². The van der Waals surface area contributed by atoms with Crippen molar-refractivity contribution in [1.82, 2.24) is 5.32 Å². The highest BCUT2D eigenvalue weighted by atomic mass is 16.6. The topological polar surface area (TPSA) is 47.6 Å². The molecule has 4 heteroatoms. The third-order valence-electron chi connectivity index (χ3n) is 2.07. The first-order valence-electron chi connectivity index (χ1n) is 4.96. The third kappa shape index (κ3) is 3.54.